The summed E-state index contributed by atoms with van der Waals surface area (Å²) in [5.74, 6) is 0. The number of benzene rings is 8. The van der Waals surface area contributed by atoms with Gasteiger partial charge in [-0.25, -0.2) is 0 Å². The summed E-state index contributed by atoms with van der Waals surface area (Å²) in [5, 5.41) is 1.87. The van der Waals surface area contributed by atoms with Crippen molar-refractivity contribution in [1.29, 1.82) is 0 Å². The molecule has 0 radical (unpaired) electrons. The molecule has 242 valence electrons. The van der Waals surface area contributed by atoms with Crippen molar-refractivity contribution >= 4 is 49.8 Å². The summed E-state index contributed by atoms with van der Waals surface area (Å²) in [6.45, 7) is 4.53. The SMILES string of the molecule is [2H]c1c([2H])c([2H])c2c([2H])c(-c3ccc(N(c4ccc5c(c4)C(C)(C)c4ccccc4-5)c4ccccc4-c4cccc5oc6ccccc6c45)cc3)c([2H])c([2H])c2c1[2H]. The van der Waals surface area contributed by atoms with Gasteiger partial charge in [0.05, 0.1) is 15.3 Å². The number of rotatable bonds is 5. The van der Waals surface area contributed by atoms with Crippen molar-refractivity contribution in [2.75, 3.05) is 4.90 Å². The van der Waals surface area contributed by atoms with Crippen molar-refractivity contribution in [3.63, 3.8) is 0 Å². The van der Waals surface area contributed by atoms with Crippen LogP contribution in [-0.2, 0) is 5.41 Å². The van der Waals surface area contributed by atoms with E-state index in [1.165, 1.54) is 22.3 Å². The average molecular weight is 661 g/mol. The van der Waals surface area contributed by atoms with E-state index in [0.29, 0.717) is 5.56 Å². The normalized spacial score (nSPS) is 15.0. The molecule has 0 saturated carbocycles. The first-order valence-electron chi connectivity index (χ1n) is 20.6. The zero-order valence-electron chi connectivity index (χ0n) is 35.1. The highest BCUT2D eigenvalue weighted by Gasteiger charge is 2.36. The number of para-hydroxylation sites is 2. The van der Waals surface area contributed by atoms with Crippen molar-refractivity contribution < 1.29 is 14.0 Å². The Kier molecular flexibility index (Phi) is 5.13. The van der Waals surface area contributed by atoms with E-state index in [1.54, 1.807) is 0 Å². The fraction of sp³-hybridized carbons (Fsp3) is 0.0612. The van der Waals surface area contributed by atoms with Crippen molar-refractivity contribution in [3.8, 4) is 33.4 Å². The summed E-state index contributed by atoms with van der Waals surface area (Å²) in [6, 6.07) is 42.7. The van der Waals surface area contributed by atoms with Gasteiger partial charge in [-0.05, 0) is 98.2 Å². The molecule has 0 spiro atoms. The standard InChI is InChI=1S/C49H35NO/c1-49(2)43-18-8-5-14-38(43)39-29-28-37(31-44(39)49)50(36-26-24-33(25-27-36)35-23-22-32-12-3-4-13-34(32)30-35)45-19-9-6-15-40(45)41-17-11-21-47-48(41)42-16-7-10-20-46(42)51-47/h3-31H,1-2H3/i3D,4D,12D,13D,22D,23D,30D. The van der Waals surface area contributed by atoms with Gasteiger partial charge in [0.2, 0.25) is 0 Å². The predicted molar refractivity (Wildman–Crippen MR) is 214 cm³/mol. The monoisotopic (exact) mass is 660 g/mol. The third kappa shape index (κ3) is 4.64. The van der Waals surface area contributed by atoms with Crippen LogP contribution in [0.2, 0.25) is 0 Å². The number of furan rings is 1. The molecule has 0 saturated heterocycles. The number of hydrogen-bond acceptors (Lipinski definition) is 2. The fourth-order valence-corrected chi connectivity index (χ4v) is 7.86. The van der Waals surface area contributed by atoms with E-state index < -0.39 is 24.2 Å². The molecular weight excluding hydrogens is 619 g/mol. The van der Waals surface area contributed by atoms with Gasteiger partial charge < -0.3 is 9.32 Å². The Labute approximate surface area is 307 Å². The van der Waals surface area contributed by atoms with Crippen LogP contribution in [0.3, 0.4) is 0 Å². The summed E-state index contributed by atoms with van der Waals surface area (Å²) >= 11 is 0. The molecule has 10 rings (SSSR count). The van der Waals surface area contributed by atoms with Gasteiger partial charge in [-0.2, -0.15) is 0 Å². The van der Waals surface area contributed by atoms with Crippen molar-refractivity contribution in [1.82, 2.24) is 0 Å². The molecule has 1 heterocycles. The lowest BCUT2D eigenvalue weighted by molar-refractivity contribution is 0.660. The van der Waals surface area contributed by atoms with Gasteiger partial charge in [0, 0.05) is 33.1 Å². The van der Waals surface area contributed by atoms with Crippen LogP contribution in [0.25, 0.3) is 66.1 Å². The first-order chi connectivity index (χ1) is 28.0. The van der Waals surface area contributed by atoms with E-state index in [9.17, 15) is 0 Å². The highest BCUT2D eigenvalue weighted by molar-refractivity contribution is 6.14. The van der Waals surface area contributed by atoms with E-state index in [1.807, 2.05) is 66.7 Å². The van der Waals surface area contributed by atoms with Gasteiger partial charge in [-0.15, -0.1) is 0 Å². The topological polar surface area (TPSA) is 16.4 Å². The molecule has 8 aromatic carbocycles. The van der Waals surface area contributed by atoms with E-state index >= 15 is 0 Å². The first-order valence-corrected chi connectivity index (χ1v) is 17.1. The zero-order chi connectivity index (χ0) is 40.2. The van der Waals surface area contributed by atoms with E-state index in [4.69, 9.17) is 14.0 Å². The number of anilines is 3. The third-order valence-corrected chi connectivity index (χ3v) is 10.3. The molecule has 2 heteroatoms. The molecule has 0 bridgehead atoms. The number of nitrogens with zero attached hydrogens (tertiary/aromatic N) is 1. The molecular formula is C49H35NO. The van der Waals surface area contributed by atoms with E-state index in [0.717, 1.165) is 50.1 Å². The van der Waals surface area contributed by atoms with E-state index in [-0.39, 0.29) is 39.9 Å². The highest BCUT2D eigenvalue weighted by atomic mass is 16.3. The molecule has 0 aliphatic heterocycles. The Morgan fingerprint density at radius 2 is 1.22 bits per heavy atom. The molecule has 9 aromatic rings. The Balaban J connectivity index is 1.19. The fourth-order valence-electron chi connectivity index (χ4n) is 7.86. The lowest BCUT2D eigenvalue weighted by Gasteiger charge is -2.30. The van der Waals surface area contributed by atoms with Crippen LogP contribution in [-0.4, -0.2) is 0 Å². The lowest BCUT2D eigenvalue weighted by atomic mass is 9.82. The largest absolute Gasteiger partial charge is 0.456 e. The van der Waals surface area contributed by atoms with Gasteiger partial charge in [-0.3, -0.25) is 0 Å². The van der Waals surface area contributed by atoms with Gasteiger partial charge in [-0.1, -0.05) is 141 Å². The Morgan fingerprint density at radius 3 is 2.10 bits per heavy atom. The van der Waals surface area contributed by atoms with Gasteiger partial charge in [0.15, 0.2) is 0 Å². The zero-order valence-corrected chi connectivity index (χ0v) is 28.1. The van der Waals surface area contributed by atoms with Crippen molar-refractivity contribution in [2.24, 2.45) is 0 Å². The van der Waals surface area contributed by atoms with Gasteiger partial charge in [0.1, 0.15) is 11.2 Å². The average Bonchev–Trinajstić information content (AvgIpc) is 3.73. The molecule has 1 aliphatic carbocycles. The highest BCUT2D eigenvalue weighted by Crippen LogP contribution is 2.51. The maximum atomic E-state index is 9.15. The second kappa shape index (κ2) is 11.3. The molecule has 0 N–H and O–H groups in total. The maximum Gasteiger partial charge on any atom is 0.136 e. The number of fused-ring (bicyclic) bond motifs is 7. The lowest BCUT2D eigenvalue weighted by Crippen LogP contribution is -2.16. The second-order valence-corrected chi connectivity index (χ2v) is 13.6. The minimum Gasteiger partial charge on any atom is -0.456 e. The van der Waals surface area contributed by atoms with Gasteiger partial charge >= 0.3 is 0 Å². The first kappa shape index (κ1) is 23.1. The van der Waals surface area contributed by atoms with Crippen LogP contribution >= 0.6 is 0 Å². The summed E-state index contributed by atoms with van der Waals surface area (Å²) in [6.07, 6.45) is 0. The quantitative estimate of drug-likeness (QED) is 0.183. The Morgan fingerprint density at radius 1 is 0.529 bits per heavy atom. The minimum atomic E-state index is -0.488. The molecule has 0 unspecified atom stereocenters. The molecule has 1 aromatic heterocycles. The van der Waals surface area contributed by atoms with Crippen LogP contribution in [0.1, 0.15) is 34.6 Å². The van der Waals surface area contributed by atoms with Gasteiger partial charge in [0.25, 0.3) is 0 Å². The molecule has 0 atom stereocenters. The van der Waals surface area contributed by atoms with Crippen LogP contribution in [0.5, 0.6) is 0 Å². The van der Waals surface area contributed by atoms with Crippen LogP contribution < -0.4 is 4.90 Å². The molecule has 0 amide bonds. The predicted octanol–water partition coefficient (Wildman–Crippen LogP) is 13.8. The smallest absolute Gasteiger partial charge is 0.136 e. The van der Waals surface area contributed by atoms with Crippen LogP contribution in [0.4, 0.5) is 17.1 Å². The summed E-state index contributed by atoms with van der Waals surface area (Å²) in [7, 11) is 0. The number of hydrogen-bond donors (Lipinski definition) is 0. The van der Waals surface area contributed by atoms with Crippen molar-refractivity contribution in [2.45, 2.75) is 19.3 Å². The van der Waals surface area contributed by atoms with Crippen molar-refractivity contribution in [3.05, 3.63) is 187 Å². The molecule has 2 nitrogen and oxygen atoms in total. The minimum absolute atomic E-state index is 0.0654. The summed E-state index contributed by atoms with van der Waals surface area (Å²) < 4.78 is 66.7. The Bertz CT molecular complexity index is 3190. The maximum absolute atomic E-state index is 9.15. The summed E-state index contributed by atoms with van der Waals surface area (Å²) in [4.78, 5) is 2.23. The molecule has 51 heavy (non-hydrogen) atoms. The van der Waals surface area contributed by atoms with E-state index in [2.05, 4.69) is 85.5 Å². The summed E-state index contributed by atoms with van der Waals surface area (Å²) in [5.41, 5.74) is 11.7. The Hall–Kier alpha value is -6.38. The molecule has 1 aliphatic rings. The molecule has 0 fully saturated rings. The van der Waals surface area contributed by atoms with Crippen LogP contribution in [0, 0.1) is 0 Å². The second-order valence-electron chi connectivity index (χ2n) is 13.6. The van der Waals surface area contributed by atoms with Crippen LogP contribution in [0.15, 0.2) is 180 Å². The third-order valence-electron chi connectivity index (χ3n) is 10.3.